The van der Waals surface area contributed by atoms with Crippen LogP contribution in [0.1, 0.15) is 20.8 Å². The van der Waals surface area contributed by atoms with Crippen LogP contribution in [-0.4, -0.2) is 40.3 Å². The summed E-state index contributed by atoms with van der Waals surface area (Å²) >= 11 is 7.64. The summed E-state index contributed by atoms with van der Waals surface area (Å²) in [6.45, 7) is 7.98. The van der Waals surface area contributed by atoms with Crippen molar-refractivity contribution >= 4 is 29.3 Å². The van der Waals surface area contributed by atoms with Gasteiger partial charge < -0.3 is 4.90 Å². The molecule has 0 aliphatic carbocycles. The minimum atomic E-state index is -0.0424. The number of alkyl halides is 1. The van der Waals surface area contributed by atoms with Gasteiger partial charge in [-0.3, -0.25) is 4.79 Å². The average molecular weight is 236 g/mol. The van der Waals surface area contributed by atoms with E-state index in [1.165, 1.54) is 0 Å². The summed E-state index contributed by atoms with van der Waals surface area (Å²) in [5.74, 6) is 0.587. The third-order valence-electron chi connectivity index (χ3n) is 2.38. The van der Waals surface area contributed by atoms with Crippen LogP contribution in [0.15, 0.2) is 0 Å². The van der Waals surface area contributed by atoms with Crippen LogP contribution in [0.4, 0.5) is 0 Å². The molecular weight excluding hydrogens is 218 g/mol. The van der Waals surface area contributed by atoms with Gasteiger partial charge >= 0.3 is 0 Å². The first kappa shape index (κ1) is 12.2. The van der Waals surface area contributed by atoms with E-state index in [0.717, 1.165) is 13.1 Å². The van der Waals surface area contributed by atoms with Gasteiger partial charge in [0.1, 0.15) is 0 Å². The van der Waals surface area contributed by atoms with E-state index < -0.39 is 0 Å². The number of thioether (sulfide) groups is 1. The standard InChI is InChI=1S/C10H18ClNOS/c1-7(4-11)10(13)12-5-8(2)14-9(3)6-12/h7-9H,4-6H2,1-3H3. The summed E-state index contributed by atoms with van der Waals surface area (Å²) in [6.07, 6.45) is 0. The molecule has 0 radical (unpaired) electrons. The van der Waals surface area contributed by atoms with Crippen molar-refractivity contribution in [2.75, 3.05) is 19.0 Å². The lowest BCUT2D eigenvalue weighted by molar-refractivity contribution is -0.134. The zero-order valence-corrected chi connectivity index (χ0v) is 10.6. The fourth-order valence-electron chi connectivity index (χ4n) is 1.74. The number of carbonyl (C=O) groups excluding carboxylic acids is 1. The highest BCUT2D eigenvalue weighted by Crippen LogP contribution is 2.25. The SMILES string of the molecule is CC1CN(C(=O)C(C)CCl)CC(C)S1. The maximum absolute atomic E-state index is 11.9. The van der Waals surface area contributed by atoms with Crippen molar-refractivity contribution in [3.63, 3.8) is 0 Å². The summed E-state index contributed by atoms with van der Waals surface area (Å²) in [6, 6.07) is 0. The van der Waals surface area contributed by atoms with Crippen LogP contribution < -0.4 is 0 Å². The third kappa shape index (κ3) is 3.06. The normalized spacial score (nSPS) is 30.1. The molecule has 1 aliphatic rings. The number of halogens is 1. The Bertz CT molecular complexity index is 202. The van der Waals surface area contributed by atoms with Gasteiger partial charge in [0.25, 0.3) is 0 Å². The first-order chi connectivity index (χ1) is 6.54. The highest BCUT2D eigenvalue weighted by molar-refractivity contribution is 8.00. The Morgan fingerprint density at radius 2 is 2.00 bits per heavy atom. The molecule has 3 unspecified atom stereocenters. The van der Waals surface area contributed by atoms with Gasteiger partial charge in [0.15, 0.2) is 0 Å². The molecule has 14 heavy (non-hydrogen) atoms. The molecule has 0 aromatic heterocycles. The average Bonchev–Trinajstić information content (AvgIpc) is 2.14. The quantitative estimate of drug-likeness (QED) is 0.685. The van der Waals surface area contributed by atoms with Gasteiger partial charge in [-0.05, 0) is 0 Å². The van der Waals surface area contributed by atoms with E-state index in [1.807, 2.05) is 23.6 Å². The molecule has 3 atom stereocenters. The Balaban J connectivity index is 2.54. The van der Waals surface area contributed by atoms with Crippen LogP contribution in [0.5, 0.6) is 0 Å². The van der Waals surface area contributed by atoms with Crippen LogP contribution in [0.2, 0.25) is 0 Å². The monoisotopic (exact) mass is 235 g/mol. The molecule has 0 aromatic rings. The lowest BCUT2D eigenvalue weighted by Crippen LogP contribution is -2.46. The molecule has 0 spiro atoms. The third-order valence-corrected chi connectivity index (χ3v) is 4.07. The number of hydrogen-bond acceptors (Lipinski definition) is 2. The zero-order valence-electron chi connectivity index (χ0n) is 9.00. The van der Waals surface area contributed by atoms with E-state index in [-0.39, 0.29) is 11.8 Å². The van der Waals surface area contributed by atoms with E-state index in [2.05, 4.69) is 13.8 Å². The predicted octanol–water partition coefficient (Wildman–Crippen LogP) is 2.21. The van der Waals surface area contributed by atoms with Crippen molar-refractivity contribution < 1.29 is 4.79 Å². The molecule has 1 rings (SSSR count). The van der Waals surface area contributed by atoms with Crippen molar-refractivity contribution in [2.45, 2.75) is 31.3 Å². The highest BCUT2D eigenvalue weighted by atomic mass is 35.5. The minimum Gasteiger partial charge on any atom is -0.340 e. The maximum atomic E-state index is 11.9. The molecule has 0 aromatic carbocycles. The summed E-state index contributed by atoms with van der Waals surface area (Å²) in [5.41, 5.74) is 0. The van der Waals surface area contributed by atoms with E-state index in [9.17, 15) is 4.79 Å². The van der Waals surface area contributed by atoms with Crippen molar-refractivity contribution in [1.82, 2.24) is 4.90 Å². The van der Waals surface area contributed by atoms with Crippen LogP contribution in [0, 0.1) is 5.92 Å². The summed E-state index contributed by atoms with van der Waals surface area (Å²) in [7, 11) is 0. The second-order valence-corrected chi connectivity index (χ2v) is 6.25. The van der Waals surface area contributed by atoms with Gasteiger partial charge in [0.2, 0.25) is 5.91 Å². The van der Waals surface area contributed by atoms with E-state index >= 15 is 0 Å². The van der Waals surface area contributed by atoms with Crippen LogP contribution >= 0.6 is 23.4 Å². The lowest BCUT2D eigenvalue weighted by Gasteiger charge is -2.35. The first-order valence-corrected chi connectivity index (χ1v) is 6.52. The zero-order chi connectivity index (χ0) is 10.7. The fourth-order valence-corrected chi connectivity index (χ4v) is 3.19. The van der Waals surface area contributed by atoms with Gasteiger partial charge in [-0.2, -0.15) is 11.8 Å². The molecule has 0 N–H and O–H groups in total. The topological polar surface area (TPSA) is 20.3 Å². The van der Waals surface area contributed by atoms with Crippen molar-refractivity contribution in [2.24, 2.45) is 5.92 Å². The summed E-state index contributed by atoms with van der Waals surface area (Å²) in [4.78, 5) is 13.8. The molecule has 1 saturated heterocycles. The molecule has 1 aliphatic heterocycles. The molecule has 1 amide bonds. The van der Waals surface area contributed by atoms with Gasteiger partial charge in [-0.25, -0.2) is 0 Å². The number of hydrogen-bond donors (Lipinski definition) is 0. The number of carbonyl (C=O) groups is 1. The van der Waals surface area contributed by atoms with Crippen molar-refractivity contribution in [3.8, 4) is 0 Å². The Hall–Kier alpha value is 0.110. The molecular formula is C10H18ClNOS. The van der Waals surface area contributed by atoms with E-state index in [1.54, 1.807) is 0 Å². The van der Waals surface area contributed by atoms with Gasteiger partial charge in [-0.1, -0.05) is 20.8 Å². The smallest absolute Gasteiger partial charge is 0.226 e. The van der Waals surface area contributed by atoms with Crippen molar-refractivity contribution in [1.29, 1.82) is 0 Å². The van der Waals surface area contributed by atoms with Gasteiger partial charge in [0, 0.05) is 35.4 Å². The number of rotatable bonds is 2. The first-order valence-electron chi connectivity index (χ1n) is 5.04. The number of amides is 1. The van der Waals surface area contributed by atoms with Crippen molar-refractivity contribution in [3.05, 3.63) is 0 Å². The Morgan fingerprint density at radius 1 is 1.50 bits per heavy atom. The molecule has 0 bridgehead atoms. The van der Waals surface area contributed by atoms with Crippen LogP contribution in [0.25, 0.3) is 0 Å². The van der Waals surface area contributed by atoms with E-state index in [4.69, 9.17) is 11.6 Å². The Morgan fingerprint density at radius 3 is 2.43 bits per heavy atom. The molecule has 2 nitrogen and oxygen atoms in total. The van der Waals surface area contributed by atoms with E-state index in [0.29, 0.717) is 16.4 Å². The fraction of sp³-hybridized carbons (Fsp3) is 0.900. The van der Waals surface area contributed by atoms with Gasteiger partial charge in [0.05, 0.1) is 0 Å². The predicted molar refractivity (Wildman–Crippen MR) is 63.0 cm³/mol. The second kappa shape index (κ2) is 5.26. The Kier molecular flexibility index (Phi) is 4.58. The Labute approximate surface area is 95.4 Å². The molecule has 82 valence electrons. The minimum absolute atomic E-state index is 0.0424. The maximum Gasteiger partial charge on any atom is 0.226 e. The molecule has 1 fully saturated rings. The second-order valence-electron chi connectivity index (χ2n) is 4.06. The van der Waals surface area contributed by atoms with Crippen LogP contribution in [-0.2, 0) is 4.79 Å². The molecule has 4 heteroatoms. The molecule has 1 heterocycles. The lowest BCUT2D eigenvalue weighted by atomic mass is 10.1. The summed E-state index contributed by atoms with van der Waals surface area (Å²) < 4.78 is 0. The van der Waals surface area contributed by atoms with Gasteiger partial charge in [-0.15, -0.1) is 11.6 Å². The largest absolute Gasteiger partial charge is 0.340 e. The van der Waals surface area contributed by atoms with Crippen LogP contribution in [0.3, 0.4) is 0 Å². The molecule has 0 saturated carbocycles. The highest BCUT2D eigenvalue weighted by Gasteiger charge is 2.27. The number of nitrogens with zero attached hydrogens (tertiary/aromatic N) is 1. The summed E-state index contributed by atoms with van der Waals surface area (Å²) in [5, 5.41) is 1.09.